The first-order valence-electron chi connectivity index (χ1n) is 9.67. The average Bonchev–Trinajstić information content (AvgIpc) is 3.24. The van der Waals surface area contributed by atoms with Gasteiger partial charge in [0.2, 0.25) is 11.6 Å². The molecule has 0 bridgehead atoms. The van der Waals surface area contributed by atoms with Crippen LogP contribution in [0, 0.1) is 0 Å². The number of ketones is 3. The molecule has 3 aromatic rings. The second-order valence-corrected chi connectivity index (χ2v) is 6.92. The maximum Gasteiger partial charge on any atom is 0.313 e. The number of hydrogen-bond donors (Lipinski definition) is 0. The summed E-state index contributed by atoms with van der Waals surface area (Å²) in [6, 6.07) is 17.1. The van der Waals surface area contributed by atoms with Crippen molar-refractivity contribution in [3.63, 3.8) is 0 Å². The standard InChI is InChI=1S/C24H18O7/c25-19(13-21(26)30-11-10-29-14-15-6-2-1-3-7-15)20-12-18-22(27)16-8-4-5-9-17(16)23(28)24(18)31-20/h1-9,12H,10-11,13-14H2. The Balaban J connectivity index is 1.31. The fourth-order valence-corrected chi connectivity index (χ4v) is 3.26. The zero-order valence-corrected chi connectivity index (χ0v) is 16.5. The Morgan fingerprint density at radius 1 is 0.806 bits per heavy atom. The van der Waals surface area contributed by atoms with Crippen LogP contribution in [0.1, 0.15) is 54.6 Å². The summed E-state index contributed by atoms with van der Waals surface area (Å²) in [6.07, 6.45) is -0.569. The third-order valence-electron chi connectivity index (χ3n) is 4.78. The van der Waals surface area contributed by atoms with E-state index in [4.69, 9.17) is 13.9 Å². The van der Waals surface area contributed by atoms with Crippen molar-refractivity contribution in [2.45, 2.75) is 13.0 Å². The van der Waals surface area contributed by atoms with Gasteiger partial charge in [0.1, 0.15) is 13.0 Å². The maximum atomic E-state index is 12.6. The summed E-state index contributed by atoms with van der Waals surface area (Å²) in [7, 11) is 0. The first-order valence-corrected chi connectivity index (χ1v) is 9.67. The van der Waals surface area contributed by atoms with Gasteiger partial charge in [-0.05, 0) is 11.6 Å². The molecule has 0 unspecified atom stereocenters. The summed E-state index contributed by atoms with van der Waals surface area (Å²) in [6.45, 7) is 0.574. The minimum Gasteiger partial charge on any atom is -0.463 e. The molecular formula is C24H18O7. The average molecular weight is 418 g/mol. The van der Waals surface area contributed by atoms with E-state index in [0.717, 1.165) is 5.56 Å². The highest BCUT2D eigenvalue weighted by Gasteiger charge is 2.34. The van der Waals surface area contributed by atoms with Gasteiger partial charge in [-0.25, -0.2) is 0 Å². The van der Waals surface area contributed by atoms with Crippen molar-refractivity contribution in [2.24, 2.45) is 0 Å². The molecule has 0 fully saturated rings. The molecule has 0 aliphatic heterocycles. The fraction of sp³-hybridized carbons (Fsp3) is 0.167. The second kappa shape index (κ2) is 8.89. The van der Waals surface area contributed by atoms with Crippen LogP contribution < -0.4 is 0 Å². The predicted octanol–water partition coefficient (Wildman–Crippen LogP) is 3.39. The number of carbonyl (C=O) groups is 4. The molecule has 0 spiro atoms. The molecule has 0 amide bonds. The highest BCUT2D eigenvalue weighted by atomic mass is 16.6. The van der Waals surface area contributed by atoms with Crippen LogP contribution in [0.25, 0.3) is 0 Å². The van der Waals surface area contributed by atoms with E-state index in [2.05, 4.69) is 0 Å². The lowest BCUT2D eigenvalue weighted by Crippen LogP contribution is -2.18. The summed E-state index contributed by atoms with van der Waals surface area (Å²) in [5, 5.41) is 0. The summed E-state index contributed by atoms with van der Waals surface area (Å²) in [4.78, 5) is 49.5. The quantitative estimate of drug-likeness (QED) is 0.187. The molecule has 2 aromatic carbocycles. The lowest BCUT2D eigenvalue weighted by Gasteiger charge is -2.11. The van der Waals surface area contributed by atoms with E-state index in [1.54, 1.807) is 18.2 Å². The van der Waals surface area contributed by atoms with Crippen molar-refractivity contribution < 1.29 is 33.1 Å². The molecule has 0 radical (unpaired) electrons. The molecule has 1 heterocycles. The van der Waals surface area contributed by atoms with Crippen molar-refractivity contribution in [1.29, 1.82) is 0 Å². The zero-order valence-electron chi connectivity index (χ0n) is 16.5. The highest BCUT2D eigenvalue weighted by Crippen LogP contribution is 2.30. The summed E-state index contributed by atoms with van der Waals surface area (Å²) >= 11 is 0. The Morgan fingerprint density at radius 3 is 2.23 bits per heavy atom. The smallest absolute Gasteiger partial charge is 0.313 e. The van der Waals surface area contributed by atoms with Crippen LogP contribution in [0.2, 0.25) is 0 Å². The number of ether oxygens (including phenoxy) is 2. The van der Waals surface area contributed by atoms with Crippen molar-refractivity contribution in [3.8, 4) is 0 Å². The van der Waals surface area contributed by atoms with Gasteiger partial charge < -0.3 is 13.9 Å². The van der Waals surface area contributed by atoms with Crippen LogP contribution in [0.3, 0.4) is 0 Å². The molecule has 1 aromatic heterocycles. The third-order valence-corrected chi connectivity index (χ3v) is 4.78. The fourth-order valence-electron chi connectivity index (χ4n) is 3.26. The van der Waals surface area contributed by atoms with Gasteiger partial charge in [-0.1, -0.05) is 54.6 Å². The van der Waals surface area contributed by atoms with Crippen LogP contribution in [0.15, 0.2) is 65.1 Å². The van der Waals surface area contributed by atoms with Crippen molar-refractivity contribution in [2.75, 3.05) is 13.2 Å². The van der Waals surface area contributed by atoms with Gasteiger partial charge in [0.15, 0.2) is 17.3 Å². The second-order valence-electron chi connectivity index (χ2n) is 6.92. The molecule has 0 saturated carbocycles. The molecule has 4 rings (SSSR count). The molecule has 0 saturated heterocycles. The Labute approximate surface area is 177 Å². The summed E-state index contributed by atoms with van der Waals surface area (Å²) in [5.41, 5.74) is 1.50. The number of carbonyl (C=O) groups excluding carboxylic acids is 4. The van der Waals surface area contributed by atoms with Crippen LogP contribution in [0.5, 0.6) is 0 Å². The van der Waals surface area contributed by atoms with Crippen molar-refractivity contribution in [3.05, 3.63) is 94.4 Å². The highest BCUT2D eigenvalue weighted by molar-refractivity contribution is 6.28. The number of Topliss-reactive ketones (excluding diaryl/α,β-unsaturated/α-hetero) is 1. The zero-order chi connectivity index (χ0) is 21.8. The van der Waals surface area contributed by atoms with E-state index in [1.807, 2.05) is 30.3 Å². The first-order chi connectivity index (χ1) is 15.0. The van der Waals surface area contributed by atoms with Crippen LogP contribution in [-0.4, -0.2) is 36.5 Å². The number of hydrogen-bond acceptors (Lipinski definition) is 7. The molecular weight excluding hydrogens is 400 g/mol. The SMILES string of the molecule is O=C(CC(=O)c1cc2c(o1)C(=O)c1ccccc1C2=O)OCCOCc1ccccc1. The van der Waals surface area contributed by atoms with E-state index >= 15 is 0 Å². The molecule has 1 aliphatic rings. The number of furan rings is 1. The van der Waals surface area contributed by atoms with E-state index in [-0.39, 0.29) is 41.4 Å². The van der Waals surface area contributed by atoms with Gasteiger partial charge in [0.25, 0.3) is 0 Å². The monoisotopic (exact) mass is 418 g/mol. The van der Waals surface area contributed by atoms with Gasteiger partial charge in [-0.3, -0.25) is 19.2 Å². The normalized spacial score (nSPS) is 12.3. The lowest BCUT2D eigenvalue weighted by atomic mass is 9.88. The van der Waals surface area contributed by atoms with Gasteiger partial charge >= 0.3 is 5.97 Å². The van der Waals surface area contributed by atoms with Crippen LogP contribution in [-0.2, 0) is 20.9 Å². The summed E-state index contributed by atoms with van der Waals surface area (Å²) < 4.78 is 15.8. The Bertz CT molecular complexity index is 1110. The van der Waals surface area contributed by atoms with E-state index in [9.17, 15) is 19.2 Å². The molecule has 7 nitrogen and oxygen atoms in total. The van der Waals surface area contributed by atoms with Gasteiger partial charge in [-0.15, -0.1) is 0 Å². The Hall–Kier alpha value is -3.84. The topological polar surface area (TPSA) is 99.9 Å². The third kappa shape index (κ3) is 4.36. The van der Waals surface area contributed by atoms with E-state index < -0.39 is 29.7 Å². The minimum atomic E-state index is -0.747. The molecule has 156 valence electrons. The number of esters is 1. The van der Waals surface area contributed by atoms with Crippen LogP contribution in [0.4, 0.5) is 0 Å². The summed E-state index contributed by atoms with van der Waals surface area (Å²) in [5.74, 6) is -2.70. The molecule has 7 heteroatoms. The maximum absolute atomic E-state index is 12.6. The predicted molar refractivity (Wildman–Crippen MR) is 108 cm³/mol. The van der Waals surface area contributed by atoms with Crippen LogP contribution >= 0.6 is 0 Å². The Morgan fingerprint density at radius 2 is 1.48 bits per heavy atom. The lowest BCUT2D eigenvalue weighted by molar-refractivity contribution is -0.144. The molecule has 1 aliphatic carbocycles. The molecule has 31 heavy (non-hydrogen) atoms. The first kappa shape index (κ1) is 20.4. The Kier molecular flexibility index (Phi) is 5.86. The van der Waals surface area contributed by atoms with Crippen molar-refractivity contribution in [1.82, 2.24) is 0 Å². The van der Waals surface area contributed by atoms with E-state index in [1.165, 1.54) is 12.1 Å². The number of benzene rings is 2. The van der Waals surface area contributed by atoms with Gasteiger partial charge in [0.05, 0.1) is 18.8 Å². The number of rotatable bonds is 8. The van der Waals surface area contributed by atoms with Gasteiger partial charge in [-0.2, -0.15) is 0 Å². The van der Waals surface area contributed by atoms with Gasteiger partial charge in [0, 0.05) is 11.1 Å². The largest absolute Gasteiger partial charge is 0.463 e. The number of fused-ring (bicyclic) bond motifs is 2. The van der Waals surface area contributed by atoms with E-state index in [0.29, 0.717) is 6.61 Å². The molecule has 0 N–H and O–H groups in total. The molecule has 0 atom stereocenters. The minimum absolute atomic E-state index is 0.000116. The van der Waals surface area contributed by atoms with Crippen molar-refractivity contribution >= 4 is 23.3 Å².